The number of rotatable bonds is 3. The van der Waals surface area contributed by atoms with Crippen molar-refractivity contribution in [2.24, 2.45) is 0 Å². The Morgan fingerprint density at radius 1 is 1.29 bits per heavy atom. The first-order chi connectivity index (χ1) is 10.0. The molecule has 0 saturated heterocycles. The molecule has 0 saturated carbocycles. The van der Waals surface area contributed by atoms with Crippen LogP contribution in [0.4, 0.5) is 5.69 Å². The lowest BCUT2D eigenvalue weighted by atomic mass is 10.2. The summed E-state index contributed by atoms with van der Waals surface area (Å²) in [7, 11) is -3.62. The van der Waals surface area contributed by atoms with Crippen LogP contribution in [-0.4, -0.2) is 13.4 Å². The highest BCUT2D eigenvalue weighted by molar-refractivity contribution is 7.94. The van der Waals surface area contributed by atoms with Gasteiger partial charge in [0.1, 0.15) is 10.3 Å². The van der Waals surface area contributed by atoms with E-state index in [0.717, 1.165) is 4.88 Å². The van der Waals surface area contributed by atoms with Crippen LogP contribution in [0.1, 0.15) is 10.4 Å². The molecular formula is C14H11N3O2S2. The average molecular weight is 317 g/mol. The number of H-pyrrole nitrogens is 1. The first-order valence-electron chi connectivity index (χ1n) is 6.11. The molecule has 21 heavy (non-hydrogen) atoms. The Hall–Kier alpha value is -2.30. The van der Waals surface area contributed by atoms with Crippen molar-refractivity contribution in [3.63, 3.8) is 0 Å². The van der Waals surface area contributed by atoms with E-state index in [4.69, 9.17) is 5.26 Å². The number of nitrogens with one attached hydrogen (secondary N) is 2. The Balaban J connectivity index is 2.06. The number of aryl methyl sites for hydroxylation is 1. The van der Waals surface area contributed by atoms with Crippen molar-refractivity contribution < 1.29 is 8.42 Å². The van der Waals surface area contributed by atoms with Gasteiger partial charge in [-0.2, -0.15) is 5.26 Å². The quantitative estimate of drug-likeness (QED) is 0.777. The molecule has 0 atom stereocenters. The summed E-state index contributed by atoms with van der Waals surface area (Å²) in [5.41, 5.74) is 1.52. The molecule has 3 aromatic rings. The van der Waals surface area contributed by atoms with Crippen LogP contribution >= 0.6 is 11.3 Å². The number of nitriles is 1. The molecule has 0 bridgehead atoms. The zero-order valence-corrected chi connectivity index (χ0v) is 12.7. The summed E-state index contributed by atoms with van der Waals surface area (Å²) in [4.78, 5) is 3.87. The lowest BCUT2D eigenvalue weighted by Crippen LogP contribution is -2.11. The molecule has 2 N–H and O–H groups in total. The van der Waals surface area contributed by atoms with Crippen LogP contribution in [0.2, 0.25) is 0 Å². The van der Waals surface area contributed by atoms with Crippen LogP contribution in [0.25, 0.3) is 10.9 Å². The third kappa shape index (κ3) is 2.39. The number of aromatic nitrogens is 1. The van der Waals surface area contributed by atoms with Crippen molar-refractivity contribution in [1.82, 2.24) is 4.98 Å². The maximum absolute atomic E-state index is 12.4. The molecule has 2 aromatic heterocycles. The number of hydrogen-bond acceptors (Lipinski definition) is 4. The van der Waals surface area contributed by atoms with Crippen LogP contribution in [-0.2, 0) is 10.0 Å². The Labute approximate surface area is 125 Å². The SMILES string of the molecule is Cc1ccc(S(=O)(=O)Nc2cccc3c(C#N)c[nH]c23)s1. The fourth-order valence-corrected chi connectivity index (χ4v) is 4.44. The number of thiophene rings is 1. The van der Waals surface area contributed by atoms with Crippen molar-refractivity contribution >= 4 is 38.0 Å². The van der Waals surface area contributed by atoms with E-state index in [9.17, 15) is 8.42 Å². The second kappa shape index (κ2) is 4.91. The Morgan fingerprint density at radius 2 is 2.10 bits per heavy atom. The molecule has 0 amide bonds. The molecule has 0 unspecified atom stereocenters. The zero-order valence-electron chi connectivity index (χ0n) is 11.0. The highest BCUT2D eigenvalue weighted by Gasteiger charge is 2.18. The largest absolute Gasteiger partial charge is 0.358 e. The van der Waals surface area contributed by atoms with E-state index >= 15 is 0 Å². The molecule has 0 aliphatic carbocycles. The van der Waals surface area contributed by atoms with E-state index < -0.39 is 10.0 Å². The summed E-state index contributed by atoms with van der Waals surface area (Å²) in [6.07, 6.45) is 1.57. The van der Waals surface area contributed by atoms with Gasteiger partial charge in [0.2, 0.25) is 0 Å². The van der Waals surface area contributed by atoms with Gasteiger partial charge in [0.05, 0.1) is 16.8 Å². The number of para-hydroxylation sites is 1. The summed E-state index contributed by atoms with van der Waals surface area (Å²) in [5.74, 6) is 0. The van der Waals surface area contributed by atoms with Crippen LogP contribution in [0, 0.1) is 18.3 Å². The minimum atomic E-state index is -3.62. The molecule has 1 aromatic carbocycles. The highest BCUT2D eigenvalue weighted by Crippen LogP contribution is 2.28. The number of fused-ring (bicyclic) bond motifs is 1. The molecule has 0 fully saturated rings. The van der Waals surface area contributed by atoms with Gasteiger partial charge in [0.25, 0.3) is 10.0 Å². The fourth-order valence-electron chi connectivity index (χ4n) is 2.08. The van der Waals surface area contributed by atoms with Crippen LogP contribution in [0.5, 0.6) is 0 Å². The summed E-state index contributed by atoms with van der Waals surface area (Å²) in [6.45, 7) is 1.86. The third-order valence-electron chi connectivity index (χ3n) is 3.06. The Morgan fingerprint density at radius 3 is 2.76 bits per heavy atom. The van der Waals surface area contributed by atoms with Crippen molar-refractivity contribution in [1.29, 1.82) is 5.26 Å². The van der Waals surface area contributed by atoms with Crippen LogP contribution in [0.3, 0.4) is 0 Å². The standard InChI is InChI=1S/C14H11N3O2S2/c1-9-5-6-13(20-9)21(18,19)17-12-4-2-3-11-10(7-15)8-16-14(11)12/h2-6,8,16-17H,1H3. The van der Waals surface area contributed by atoms with Crippen LogP contribution < -0.4 is 4.72 Å². The van der Waals surface area contributed by atoms with Gasteiger partial charge in [-0.05, 0) is 25.1 Å². The van der Waals surface area contributed by atoms with Crippen molar-refractivity contribution in [3.05, 3.63) is 47.0 Å². The summed E-state index contributed by atoms with van der Waals surface area (Å²) in [6, 6.07) is 10.6. The molecule has 5 nitrogen and oxygen atoms in total. The van der Waals surface area contributed by atoms with Gasteiger partial charge in [-0.3, -0.25) is 4.72 Å². The minimum Gasteiger partial charge on any atom is -0.358 e. The van der Waals surface area contributed by atoms with Gasteiger partial charge in [-0.25, -0.2) is 8.42 Å². The Kier molecular flexibility index (Phi) is 3.20. The minimum absolute atomic E-state index is 0.268. The third-order valence-corrected chi connectivity index (χ3v) is 5.92. The number of hydrogen-bond donors (Lipinski definition) is 2. The predicted molar refractivity (Wildman–Crippen MR) is 82.9 cm³/mol. The number of anilines is 1. The van der Waals surface area contributed by atoms with E-state index in [1.165, 1.54) is 11.3 Å². The average Bonchev–Trinajstić information content (AvgIpc) is 3.05. The lowest BCUT2D eigenvalue weighted by molar-refractivity contribution is 0.603. The van der Waals surface area contributed by atoms with Gasteiger partial charge in [0.15, 0.2) is 0 Å². The van der Waals surface area contributed by atoms with Gasteiger partial charge in [-0.15, -0.1) is 11.3 Å². The van der Waals surface area contributed by atoms with E-state index in [1.807, 2.05) is 6.92 Å². The zero-order chi connectivity index (χ0) is 15.0. The number of sulfonamides is 1. The van der Waals surface area contributed by atoms with Crippen molar-refractivity contribution in [3.8, 4) is 6.07 Å². The molecule has 0 aliphatic rings. The molecule has 106 valence electrons. The van der Waals surface area contributed by atoms with E-state index in [1.54, 1.807) is 36.5 Å². The summed E-state index contributed by atoms with van der Waals surface area (Å²) >= 11 is 1.22. The fraction of sp³-hybridized carbons (Fsp3) is 0.0714. The molecule has 2 heterocycles. The lowest BCUT2D eigenvalue weighted by Gasteiger charge is -2.07. The second-order valence-electron chi connectivity index (χ2n) is 4.51. The number of benzene rings is 1. The summed E-state index contributed by atoms with van der Waals surface area (Å²) < 4.78 is 27.5. The summed E-state index contributed by atoms with van der Waals surface area (Å²) in [5, 5.41) is 9.72. The monoisotopic (exact) mass is 317 g/mol. The molecule has 0 radical (unpaired) electrons. The maximum Gasteiger partial charge on any atom is 0.271 e. The molecule has 7 heteroatoms. The number of aromatic amines is 1. The molecule has 0 spiro atoms. The predicted octanol–water partition coefficient (Wildman–Crippen LogP) is 3.21. The Bertz CT molecular complexity index is 962. The smallest absolute Gasteiger partial charge is 0.271 e. The van der Waals surface area contributed by atoms with Gasteiger partial charge < -0.3 is 4.98 Å². The normalized spacial score (nSPS) is 11.4. The topological polar surface area (TPSA) is 85.8 Å². The van der Waals surface area contributed by atoms with E-state index in [2.05, 4.69) is 15.8 Å². The highest BCUT2D eigenvalue weighted by atomic mass is 32.2. The van der Waals surface area contributed by atoms with Gasteiger partial charge >= 0.3 is 0 Å². The van der Waals surface area contributed by atoms with E-state index in [-0.39, 0.29) is 4.21 Å². The van der Waals surface area contributed by atoms with Crippen LogP contribution in [0.15, 0.2) is 40.7 Å². The second-order valence-corrected chi connectivity index (χ2v) is 7.71. The van der Waals surface area contributed by atoms with Crippen molar-refractivity contribution in [2.45, 2.75) is 11.1 Å². The first-order valence-corrected chi connectivity index (χ1v) is 8.41. The van der Waals surface area contributed by atoms with Crippen molar-refractivity contribution in [2.75, 3.05) is 4.72 Å². The maximum atomic E-state index is 12.4. The van der Waals surface area contributed by atoms with Gasteiger partial charge in [-0.1, -0.05) is 12.1 Å². The molecular weight excluding hydrogens is 306 g/mol. The number of nitrogens with zero attached hydrogens (tertiary/aromatic N) is 1. The molecule has 3 rings (SSSR count). The molecule has 0 aliphatic heterocycles. The first kappa shape index (κ1) is 13.7. The van der Waals surface area contributed by atoms with E-state index in [0.29, 0.717) is 22.2 Å². The van der Waals surface area contributed by atoms with Gasteiger partial charge in [0, 0.05) is 16.5 Å².